The molecule has 0 spiro atoms. The highest BCUT2D eigenvalue weighted by molar-refractivity contribution is 7.99. The predicted molar refractivity (Wildman–Crippen MR) is 106 cm³/mol. The van der Waals surface area contributed by atoms with Crippen molar-refractivity contribution >= 4 is 23.8 Å². The van der Waals surface area contributed by atoms with Crippen LogP contribution < -0.4 is 5.32 Å². The maximum atomic E-state index is 13.4. The molecule has 2 saturated carbocycles. The fourth-order valence-electron chi connectivity index (χ4n) is 5.23. The molecule has 27 heavy (non-hydrogen) atoms. The molecule has 4 unspecified atom stereocenters. The summed E-state index contributed by atoms with van der Waals surface area (Å²) in [6.07, 6.45) is 5.43. The van der Waals surface area contributed by atoms with Gasteiger partial charge in [0, 0.05) is 24.3 Å². The van der Waals surface area contributed by atoms with E-state index in [1.807, 2.05) is 25.7 Å². The molecule has 154 valence electrons. The topological polar surface area (TPSA) is 78.9 Å². The predicted octanol–water partition coefficient (Wildman–Crippen LogP) is 2.99. The minimum atomic E-state index is -0.603. The molecule has 0 radical (unpaired) electrons. The Morgan fingerprint density at radius 2 is 2.15 bits per heavy atom. The number of rotatable bonds is 4. The zero-order valence-electron chi connectivity index (χ0n) is 16.8. The van der Waals surface area contributed by atoms with Crippen molar-refractivity contribution in [2.24, 2.45) is 17.3 Å². The summed E-state index contributed by atoms with van der Waals surface area (Å²) in [7, 11) is 0. The summed E-state index contributed by atoms with van der Waals surface area (Å²) >= 11 is 1.75. The molecule has 0 aromatic carbocycles. The van der Waals surface area contributed by atoms with Gasteiger partial charge in [0.1, 0.15) is 11.6 Å². The Balaban J connectivity index is 1.85. The van der Waals surface area contributed by atoms with Crippen molar-refractivity contribution in [1.29, 1.82) is 0 Å². The van der Waals surface area contributed by atoms with Gasteiger partial charge in [-0.25, -0.2) is 4.79 Å². The van der Waals surface area contributed by atoms with Gasteiger partial charge in [-0.1, -0.05) is 12.8 Å². The highest BCUT2D eigenvalue weighted by atomic mass is 32.2. The van der Waals surface area contributed by atoms with E-state index in [0.29, 0.717) is 11.8 Å². The lowest BCUT2D eigenvalue weighted by molar-refractivity contribution is -0.139. The fourth-order valence-corrected chi connectivity index (χ4v) is 6.19. The van der Waals surface area contributed by atoms with Gasteiger partial charge in [0.2, 0.25) is 5.91 Å². The standard InChI is InChI=1S/C20H34N2O4S/c1-19(2,3)26-18(25)21-16(17(24)22-7-8-27-13-22)20-6-4-5-14(10-20)9-15(11-20)12-23/h14-16,23H,4-13H2,1-3H3,(H,21,25). The van der Waals surface area contributed by atoms with Crippen LogP contribution in [0.5, 0.6) is 0 Å². The molecule has 2 amide bonds. The second kappa shape index (κ2) is 8.19. The number of thioether (sulfide) groups is 1. The van der Waals surface area contributed by atoms with Crippen molar-refractivity contribution in [3.63, 3.8) is 0 Å². The van der Waals surface area contributed by atoms with Crippen molar-refractivity contribution in [1.82, 2.24) is 10.2 Å². The lowest BCUT2D eigenvalue weighted by atomic mass is 9.56. The monoisotopic (exact) mass is 398 g/mol. The van der Waals surface area contributed by atoms with Crippen LogP contribution in [0.4, 0.5) is 4.79 Å². The average molecular weight is 399 g/mol. The van der Waals surface area contributed by atoms with Gasteiger partial charge in [-0.3, -0.25) is 4.79 Å². The summed E-state index contributed by atoms with van der Waals surface area (Å²) in [6, 6.07) is -0.566. The van der Waals surface area contributed by atoms with Gasteiger partial charge in [0.05, 0.1) is 5.88 Å². The average Bonchev–Trinajstić information content (AvgIpc) is 3.11. The first kappa shape index (κ1) is 20.8. The van der Waals surface area contributed by atoms with E-state index >= 15 is 0 Å². The highest BCUT2D eigenvalue weighted by Gasteiger charge is 2.52. The van der Waals surface area contributed by atoms with Crippen LogP contribution in [0, 0.1) is 17.3 Å². The number of amides is 2. The van der Waals surface area contributed by atoms with E-state index in [0.717, 1.165) is 50.8 Å². The van der Waals surface area contributed by atoms with E-state index in [1.165, 1.54) is 0 Å². The summed E-state index contributed by atoms with van der Waals surface area (Å²) in [5, 5.41) is 12.8. The third-order valence-electron chi connectivity index (χ3n) is 6.19. The van der Waals surface area contributed by atoms with Crippen LogP contribution in [0.1, 0.15) is 59.3 Å². The normalized spacial score (nSPS) is 32.1. The Hall–Kier alpha value is -0.950. The molecule has 2 aliphatic carbocycles. The molecule has 1 aliphatic heterocycles. The molecule has 6 nitrogen and oxygen atoms in total. The molecule has 1 heterocycles. The van der Waals surface area contributed by atoms with E-state index < -0.39 is 17.7 Å². The minimum absolute atomic E-state index is 0.0186. The van der Waals surface area contributed by atoms with Crippen molar-refractivity contribution in [3.05, 3.63) is 0 Å². The van der Waals surface area contributed by atoms with Crippen LogP contribution in [0.15, 0.2) is 0 Å². The summed E-state index contributed by atoms with van der Waals surface area (Å²) < 4.78 is 5.48. The minimum Gasteiger partial charge on any atom is -0.444 e. The molecule has 3 rings (SSSR count). The van der Waals surface area contributed by atoms with Crippen molar-refractivity contribution < 1.29 is 19.4 Å². The Labute approximate surface area is 166 Å². The third kappa shape index (κ3) is 4.91. The number of carbonyl (C=O) groups excluding carboxylic acids is 2. The van der Waals surface area contributed by atoms with Crippen LogP contribution in [0.25, 0.3) is 0 Å². The highest BCUT2D eigenvalue weighted by Crippen LogP contribution is 2.53. The first-order valence-electron chi connectivity index (χ1n) is 10.2. The van der Waals surface area contributed by atoms with Crippen LogP contribution in [0.3, 0.4) is 0 Å². The maximum absolute atomic E-state index is 13.4. The number of fused-ring (bicyclic) bond motifs is 2. The zero-order chi connectivity index (χ0) is 19.7. The first-order valence-corrected chi connectivity index (χ1v) is 11.3. The zero-order valence-corrected chi connectivity index (χ0v) is 17.6. The van der Waals surface area contributed by atoms with Crippen LogP contribution in [-0.2, 0) is 9.53 Å². The van der Waals surface area contributed by atoms with Crippen LogP contribution in [0.2, 0.25) is 0 Å². The Bertz CT molecular complexity index is 559. The third-order valence-corrected chi connectivity index (χ3v) is 7.15. The van der Waals surface area contributed by atoms with Gasteiger partial charge in [0.15, 0.2) is 0 Å². The van der Waals surface area contributed by atoms with Gasteiger partial charge in [-0.2, -0.15) is 0 Å². The van der Waals surface area contributed by atoms with Crippen molar-refractivity contribution in [2.45, 2.75) is 70.9 Å². The smallest absolute Gasteiger partial charge is 0.408 e. The molecular formula is C20H34N2O4S. The van der Waals surface area contributed by atoms with Crippen molar-refractivity contribution in [2.75, 3.05) is 24.8 Å². The Morgan fingerprint density at radius 1 is 1.37 bits per heavy atom. The fraction of sp³-hybridized carbons (Fsp3) is 0.900. The number of carbonyl (C=O) groups is 2. The van der Waals surface area contributed by atoms with Crippen LogP contribution in [-0.4, -0.2) is 58.4 Å². The summed E-state index contributed by atoms with van der Waals surface area (Å²) in [4.78, 5) is 27.9. The number of nitrogens with one attached hydrogen (secondary N) is 1. The maximum Gasteiger partial charge on any atom is 0.408 e. The second-order valence-electron chi connectivity index (χ2n) is 9.53. The summed E-state index contributed by atoms with van der Waals surface area (Å²) in [6.45, 7) is 6.39. The molecule has 1 saturated heterocycles. The molecule has 0 aromatic heterocycles. The molecule has 2 N–H and O–H groups in total. The molecule has 3 fully saturated rings. The number of nitrogens with zero attached hydrogens (tertiary/aromatic N) is 1. The number of hydrogen-bond acceptors (Lipinski definition) is 5. The second-order valence-corrected chi connectivity index (χ2v) is 10.6. The lowest BCUT2D eigenvalue weighted by Crippen LogP contribution is -2.60. The van der Waals surface area contributed by atoms with Gasteiger partial charge in [-0.15, -0.1) is 11.8 Å². The Morgan fingerprint density at radius 3 is 2.78 bits per heavy atom. The SMILES string of the molecule is CC(C)(C)OC(=O)NC(C(=O)N1CCSC1)C12CCCC(CC(CO)C1)C2. The van der Waals surface area contributed by atoms with E-state index in [1.54, 1.807) is 11.8 Å². The van der Waals surface area contributed by atoms with Gasteiger partial charge in [-0.05, 0) is 58.3 Å². The largest absolute Gasteiger partial charge is 0.444 e. The number of hydrogen-bond donors (Lipinski definition) is 2. The van der Waals surface area contributed by atoms with Gasteiger partial charge >= 0.3 is 6.09 Å². The van der Waals surface area contributed by atoms with Crippen LogP contribution >= 0.6 is 11.8 Å². The molecular weight excluding hydrogens is 364 g/mol. The number of alkyl carbamates (subject to hydrolysis) is 1. The van der Waals surface area contributed by atoms with Crippen molar-refractivity contribution in [3.8, 4) is 0 Å². The summed E-state index contributed by atoms with van der Waals surface area (Å²) in [5.41, 5.74) is -0.871. The quantitative estimate of drug-likeness (QED) is 0.761. The number of aliphatic hydroxyl groups excluding tert-OH is 1. The lowest BCUT2D eigenvalue weighted by Gasteiger charge is -2.52. The van der Waals surface area contributed by atoms with Gasteiger partial charge < -0.3 is 20.1 Å². The summed E-state index contributed by atoms with van der Waals surface area (Å²) in [5.74, 6) is 2.40. The Kier molecular flexibility index (Phi) is 6.31. The van der Waals surface area contributed by atoms with Gasteiger partial charge in [0.25, 0.3) is 0 Å². The molecule has 3 aliphatic rings. The molecule has 2 bridgehead atoms. The number of aliphatic hydroxyl groups is 1. The van der Waals surface area contributed by atoms with E-state index in [2.05, 4.69) is 5.32 Å². The molecule has 0 aromatic rings. The van der Waals surface area contributed by atoms with E-state index in [9.17, 15) is 14.7 Å². The van der Waals surface area contributed by atoms with E-state index in [4.69, 9.17) is 4.74 Å². The molecule has 7 heteroatoms. The molecule has 4 atom stereocenters. The number of ether oxygens (including phenoxy) is 1. The first-order chi connectivity index (χ1) is 12.7. The van der Waals surface area contributed by atoms with E-state index in [-0.39, 0.29) is 23.8 Å².